The van der Waals surface area contributed by atoms with E-state index in [4.69, 9.17) is 20.9 Å². The van der Waals surface area contributed by atoms with E-state index in [1.54, 1.807) is 13.3 Å². The summed E-state index contributed by atoms with van der Waals surface area (Å²) >= 11 is 0. The minimum Gasteiger partial charge on any atom is -0.383 e. The number of hydrogen-bond acceptors (Lipinski definition) is 5. The van der Waals surface area contributed by atoms with Gasteiger partial charge in [-0.2, -0.15) is 0 Å². The highest BCUT2D eigenvalue weighted by Gasteiger charge is 2.10. The molecule has 0 amide bonds. The average Bonchev–Trinajstić information content (AvgIpc) is 2.32. The first-order valence-electron chi connectivity index (χ1n) is 5.69. The Hall–Kier alpha value is -1.17. The van der Waals surface area contributed by atoms with Crippen molar-refractivity contribution >= 4 is 5.82 Å². The van der Waals surface area contributed by atoms with Gasteiger partial charge in [-0.1, -0.05) is 0 Å². The summed E-state index contributed by atoms with van der Waals surface area (Å²) in [7, 11) is 1.65. The fourth-order valence-electron chi connectivity index (χ4n) is 1.51. The predicted octanol–water partition coefficient (Wildman–Crippen LogP) is 1.03. The van der Waals surface area contributed by atoms with Gasteiger partial charge in [0.15, 0.2) is 0 Å². The molecular formula is C12H21N3O2. The van der Waals surface area contributed by atoms with Crippen LogP contribution in [0.5, 0.6) is 0 Å². The third-order valence-corrected chi connectivity index (χ3v) is 2.49. The van der Waals surface area contributed by atoms with E-state index in [2.05, 4.69) is 4.98 Å². The molecule has 0 bridgehead atoms. The summed E-state index contributed by atoms with van der Waals surface area (Å²) < 4.78 is 10.3. The van der Waals surface area contributed by atoms with Gasteiger partial charge in [0, 0.05) is 31.5 Å². The van der Waals surface area contributed by atoms with Gasteiger partial charge in [0.05, 0.1) is 13.2 Å². The summed E-state index contributed by atoms with van der Waals surface area (Å²) in [6.07, 6.45) is 2.46. The highest BCUT2D eigenvalue weighted by atomic mass is 16.5. The number of anilines is 1. The van der Waals surface area contributed by atoms with Crippen molar-refractivity contribution in [1.82, 2.24) is 4.98 Å². The minimum atomic E-state index is -0.134. The molecule has 0 saturated heterocycles. The van der Waals surface area contributed by atoms with Crippen molar-refractivity contribution in [2.45, 2.75) is 19.4 Å². The fraction of sp³-hybridized carbons (Fsp3) is 0.583. The monoisotopic (exact) mass is 239 g/mol. The average molecular weight is 239 g/mol. The van der Waals surface area contributed by atoms with Crippen molar-refractivity contribution in [3.05, 3.63) is 23.4 Å². The molecule has 4 N–H and O–H groups in total. The lowest BCUT2D eigenvalue weighted by Gasteiger charge is -2.14. The Morgan fingerprint density at radius 1 is 1.35 bits per heavy atom. The molecule has 0 saturated carbocycles. The minimum absolute atomic E-state index is 0.134. The van der Waals surface area contributed by atoms with Crippen LogP contribution in [0.15, 0.2) is 12.3 Å². The van der Waals surface area contributed by atoms with Gasteiger partial charge in [-0.15, -0.1) is 0 Å². The quantitative estimate of drug-likeness (QED) is 0.694. The Morgan fingerprint density at radius 3 is 2.82 bits per heavy atom. The van der Waals surface area contributed by atoms with Crippen molar-refractivity contribution in [2.75, 3.05) is 32.7 Å². The van der Waals surface area contributed by atoms with E-state index in [0.29, 0.717) is 25.6 Å². The molecule has 0 spiro atoms. The third kappa shape index (κ3) is 4.68. The first-order chi connectivity index (χ1) is 8.15. The van der Waals surface area contributed by atoms with E-state index < -0.39 is 0 Å². The molecule has 1 rings (SSSR count). The molecule has 0 aliphatic carbocycles. The maximum absolute atomic E-state index is 6.05. The molecule has 0 radical (unpaired) electrons. The van der Waals surface area contributed by atoms with E-state index in [9.17, 15) is 0 Å². The second kappa shape index (κ2) is 7.21. The van der Waals surface area contributed by atoms with Crippen LogP contribution < -0.4 is 11.5 Å². The number of ether oxygens (including phenoxy) is 2. The van der Waals surface area contributed by atoms with E-state index >= 15 is 0 Å². The maximum atomic E-state index is 6.05. The van der Waals surface area contributed by atoms with Crippen molar-refractivity contribution in [2.24, 2.45) is 5.73 Å². The molecule has 5 heteroatoms. The summed E-state index contributed by atoms with van der Waals surface area (Å²) in [4.78, 5) is 4.09. The Kier molecular flexibility index (Phi) is 5.90. The zero-order valence-corrected chi connectivity index (χ0v) is 10.5. The van der Waals surface area contributed by atoms with Gasteiger partial charge in [0.25, 0.3) is 0 Å². The Labute approximate surface area is 102 Å². The number of hydrogen-bond donors (Lipinski definition) is 2. The van der Waals surface area contributed by atoms with Crippen molar-refractivity contribution in [3.63, 3.8) is 0 Å². The van der Waals surface area contributed by atoms with E-state index in [0.717, 1.165) is 17.5 Å². The number of pyridine rings is 1. The molecule has 17 heavy (non-hydrogen) atoms. The number of nitrogens with two attached hydrogens (primary N) is 2. The molecule has 96 valence electrons. The standard InChI is InChI=1S/C12H21N3O2/c1-9-7-10(12(14)15-8-9)11(13)3-4-17-6-5-16-2/h7-8,11H,3-6,13H2,1-2H3,(H2,14,15). The molecule has 0 fully saturated rings. The molecule has 5 nitrogen and oxygen atoms in total. The maximum Gasteiger partial charge on any atom is 0.128 e. The number of rotatable bonds is 7. The van der Waals surface area contributed by atoms with E-state index in [1.807, 2.05) is 13.0 Å². The van der Waals surface area contributed by atoms with Gasteiger partial charge in [-0.05, 0) is 25.0 Å². The number of nitrogens with zero attached hydrogens (tertiary/aromatic N) is 1. The topological polar surface area (TPSA) is 83.4 Å². The van der Waals surface area contributed by atoms with Crippen LogP contribution in [-0.2, 0) is 9.47 Å². The van der Waals surface area contributed by atoms with E-state index in [1.165, 1.54) is 0 Å². The molecule has 1 heterocycles. The smallest absolute Gasteiger partial charge is 0.128 e. The van der Waals surface area contributed by atoms with Gasteiger partial charge < -0.3 is 20.9 Å². The first-order valence-corrected chi connectivity index (χ1v) is 5.69. The van der Waals surface area contributed by atoms with Crippen LogP contribution in [0, 0.1) is 6.92 Å². The van der Waals surface area contributed by atoms with Crippen LogP contribution >= 0.6 is 0 Å². The molecule has 1 unspecified atom stereocenters. The summed E-state index contributed by atoms with van der Waals surface area (Å²) in [5.74, 6) is 0.500. The van der Waals surface area contributed by atoms with Gasteiger partial charge in [0.2, 0.25) is 0 Å². The Bertz CT molecular complexity index is 345. The summed E-state index contributed by atoms with van der Waals surface area (Å²) in [6, 6.07) is 1.84. The first kappa shape index (κ1) is 13.9. The molecule has 0 aliphatic heterocycles. The zero-order valence-electron chi connectivity index (χ0n) is 10.5. The van der Waals surface area contributed by atoms with Gasteiger partial charge in [-0.25, -0.2) is 4.98 Å². The largest absolute Gasteiger partial charge is 0.383 e. The number of aryl methyl sites for hydroxylation is 1. The Balaban J connectivity index is 2.41. The van der Waals surface area contributed by atoms with Crippen molar-refractivity contribution < 1.29 is 9.47 Å². The van der Waals surface area contributed by atoms with Gasteiger partial charge >= 0.3 is 0 Å². The van der Waals surface area contributed by atoms with Crippen molar-refractivity contribution in [3.8, 4) is 0 Å². The Morgan fingerprint density at radius 2 is 2.12 bits per heavy atom. The normalized spacial score (nSPS) is 12.6. The summed E-state index contributed by atoms with van der Waals surface area (Å²) in [5, 5.41) is 0. The lowest BCUT2D eigenvalue weighted by atomic mass is 10.0. The van der Waals surface area contributed by atoms with E-state index in [-0.39, 0.29) is 6.04 Å². The summed E-state index contributed by atoms with van der Waals surface area (Å²) in [6.45, 7) is 3.75. The highest BCUT2D eigenvalue weighted by Crippen LogP contribution is 2.20. The second-order valence-electron chi connectivity index (χ2n) is 3.99. The van der Waals surface area contributed by atoms with Crippen LogP contribution in [0.4, 0.5) is 5.82 Å². The predicted molar refractivity (Wildman–Crippen MR) is 67.6 cm³/mol. The van der Waals surface area contributed by atoms with Crippen molar-refractivity contribution in [1.29, 1.82) is 0 Å². The molecule has 1 atom stereocenters. The number of aromatic nitrogens is 1. The van der Waals surface area contributed by atoms with Crippen LogP contribution in [0.1, 0.15) is 23.6 Å². The van der Waals surface area contributed by atoms with Crippen LogP contribution in [-0.4, -0.2) is 31.9 Å². The zero-order chi connectivity index (χ0) is 12.7. The van der Waals surface area contributed by atoms with Gasteiger partial charge in [0.1, 0.15) is 5.82 Å². The number of nitrogen functional groups attached to an aromatic ring is 1. The number of methoxy groups -OCH3 is 1. The molecule has 1 aromatic heterocycles. The SMILES string of the molecule is COCCOCCC(N)c1cc(C)cnc1N. The van der Waals surface area contributed by atoms with Crippen LogP contribution in [0.3, 0.4) is 0 Å². The lowest BCUT2D eigenvalue weighted by Crippen LogP contribution is -2.16. The molecule has 0 aliphatic rings. The molecule has 1 aromatic rings. The molecule has 0 aromatic carbocycles. The third-order valence-electron chi connectivity index (χ3n) is 2.49. The highest BCUT2D eigenvalue weighted by molar-refractivity contribution is 5.42. The van der Waals surface area contributed by atoms with Gasteiger partial charge in [-0.3, -0.25) is 0 Å². The van der Waals surface area contributed by atoms with Crippen LogP contribution in [0.2, 0.25) is 0 Å². The summed E-state index contributed by atoms with van der Waals surface area (Å²) in [5.41, 5.74) is 13.8. The molecular weight excluding hydrogens is 218 g/mol. The second-order valence-corrected chi connectivity index (χ2v) is 3.99. The van der Waals surface area contributed by atoms with Crippen LogP contribution in [0.25, 0.3) is 0 Å². The lowest BCUT2D eigenvalue weighted by molar-refractivity contribution is 0.0672. The fourth-order valence-corrected chi connectivity index (χ4v) is 1.51.